The van der Waals surface area contributed by atoms with Crippen LogP contribution in [-0.4, -0.2) is 39.3 Å². The Morgan fingerprint density at radius 1 is 1.35 bits per heavy atom. The first-order valence-electron chi connectivity index (χ1n) is 5.80. The fourth-order valence-electron chi connectivity index (χ4n) is 2.08. The highest BCUT2D eigenvalue weighted by Crippen LogP contribution is 2.34. The lowest BCUT2D eigenvalue weighted by atomic mass is 10.0. The van der Waals surface area contributed by atoms with Crippen LogP contribution in [-0.2, 0) is 9.53 Å². The van der Waals surface area contributed by atoms with Crippen molar-refractivity contribution in [2.45, 2.75) is 64.6 Å². The third-order valence-corrected chi connectivity index (χ3v) is 2.87. The minimum absolute atomic E-state index is 0.467. The zero-order valence-corrected chi connectivity index (χ0v) is 11.1. The summed E-state index contributed by atoms with van der Waals surface area (Å²) in [4.78, 5) is 24.5. The smallest absolute Gasteiger partial charge is 0.411 e. The number of likely N-dealkylation sites (tertiary alicyclic amines) is 1. The van der Waals surface area contributed by atoms with Crippen molar-refractivity contribution in [2.75, 3.05) is 0 Å². The minimum Gasteiger partial charge on any atom is -0.480 e. The molecule has 1 fully saturated rings. The van der Waals surface area contributed by atoms with E-state index in [-0.39, 0.29) is 0 Å². The van der Waals surface area contributed by atoms with Crippen LogP contribution < -0.4 is 0 Å². The number of rotatable bonds is 1. The van der Waals surface area contributed by atoms with E-state index in [9.17, 15) is 9.59 Å². The van der Waals surface area contributed by atoms with Gasteiger partial charge in [-0.2, -0.15) is 0 Å². The second kappa shape index (κ2) is 4.20. The first kappa shape index (κ1) is 13.8. The molecule has 1 aliphatic heterocycles. The van der Waals surface area contributed by atoms with Gasteiger partial charge in [0.05, 0.1) is 0 Å². The SMILES string of the molecule is CC(C)(C)OC(=O)N1C(C(=O)O)CCC1(C)C. The van der Waals surface area contributed by atoms with Crippen molar-refractivity contribution in [1.82, 2.24) is 4.90 Å². The molecule has 1 aliphatic rings. The van der Waals surface area contributed by atoms with Crippen LogP contribution in [0.1, 0.15) is 47.5 Å². The van der Waals surface area contributed by atoms with Gasteiger partial charge in [-0.25, -0.2) is 9.59 Å². The predicted molar refractivity (Wildman–Crippen MR) is 62.8 cm³/mol. The number of amides is 1. The Balaban J connectivity index is 2.90. The molecule has 1 heterocycles. The zero-order valence-electron chi connectivity index (χ0n) is 11.1. The van der Waals surface area contributed by atoms with E-state index < -0.39 is 29.2 Å². The number of ether oxygens (including phenoxy) is 1. The molecule has 5 nitrogen and oxygen atoms in total. The van der Waals surface area contributed by atoms with E-state index in [0.29, 0.717) is 12.8 Å². The Hall–Kier alpha value is -1.26. The second-order valence-corrected chi connectivity index (χ2v) is 6.06. The summed E-state index contributed by atoms with van der Waals surface area (Å²) in [6.07, 6.45) is 0.595. The van der Waals surface area contributed by atoms with E-state index in [1.807, 2.05) is 13.8 Å². The highest BCUT2D eigenvalue weighted by molar-refractivity contribution is 5.81. The van der Waals surface area contributed by atoms with Crippen molar-refractivity contribution in [3.8, 4) is 0 Å². The summed E-state index contributed by atoms with van der Waals surface area (Å²) in [5.41, 5.74) is -1.08. The number of carboxylic acids is 1. The fourth-order valence-corrected chi connectivity index (χ4v) is 2.08. The Kier molecular flexibility index (Phi) is 3.41. The molecule has 0 bridgehead atoms. The minimum atomic E-state index is -0.971. The Bertz CT molecular complexity index is 330. The molecule has 0 saturated carbocycles. The van der Waals surface area contributed by atoms with Crippen molar-refractivity contribution >= 4 is 12.1 Å². The molecule has 17 heavy (non-hydrogen) atoms. The van der Waals surface area contributed by atoms with Gasteiger partial charge < -0.3 is 9.84 Å². The van der Waals surface area contributed by atoms with Gasteiger partial charge in [-0.3, -0.25) is 4.90 Å². The molecule has 0 spiro atoms. The molecule has 98 valence electrons. The summed E-state index contributed by atoms with van der Waals surface area (Å²) in [7, 11) is 0. The standard InChI is InChI=1S/C12H21NO4/c1-11(2,3)17-10(16)13-8(9(14)15)6-7-12(13,4)5/h8H,6-7H2,1-5H3,(H,14,15). The molecule has 1 saturated heterocycles. The summed E-state index contributed by atoms with van der Waals surface area (Å²) < 4.78 is 5.26. The van der Waals surface area contributed by atoms with Crippen LogP contribution in [0, 0.1) is 0 Å². The van der Waals surface area contributed by atoms with Crippen molar-refractivity contribution in [3.63, 3.8) is 0 Å². The van der Waals surface area contributed by atoms with Crippen LogP contribution >= 0.6 is 0 Å². The number of hydrogen-bond donors (Lipinski definition) is 1. The molecule has 5 heteroatoms. The highest BCUT2D eigenvalue weighted by Gasteiger charge is 2.47. The normalized spacial score (nSPS) is 23.6. The topological polar surface area (TPSA) is 66.8 Å². The van der Waals surface area contributed by atoms with E-state index in [0.717, 1.165) is 0 Å². The van der Waals surface area contributed by atoms with E-state index in [1.54, 1.807) is 20.8 Å². The predicted octanol–water partition coefficient (Wildman–Crippen LogP) is 2.25. The van der Waals surface area contributed by atoms with Gasteiger partial charge in [0.25, 0.3) is 0 Å². The van der Waals surface area contributed by atoms with Gasteiger partial charge in [-0.05, 0) is 47.5 Å². The molecular weight excluding hydrogens is 222 g/mol. The van der Waals surface area contributed by atoms with Crippen molar-refractivity contribution < 1.29 is 19.4 Å². The van der Waals surface area contributed by atoms with E-state index >= 15 is 0 Å². The van der Waals surface area contributed by atoms with Crippen LogP contribution in [0.15, 0.2) is 0 Å². The monoisotopic (exact) mass is 243 g/mol. The van der Waals surface area contributed by atoms with Crippen LogP contribution in [0.4, 0.5) is 4.79 Å². The third kappa shape index (κ3) is 3.11. The molecule has 1 unspecified atom stereocenters. The maximum Gasteiger partial charge on any atom is 0.411 e. The lowest BCUT2D eigenvalue weighted by Crippen LogP contribution is -2.51. The maximum absolute atomic E-state index is 12.0. The summed E-state index contributed by atoms with van der Waals surface area (Å²) in [6, 6.07) is -0.778. The zero-order chi connectivity index (χ0) is 13.4. The van der Waals surface area contributed by atoms with Crippen molar-refractivity contribution in [1.29, 1.82) is 0 Å². The number of aliphatic carboxylic acids is 1. The molecular formula is C12H21NO4. The van der Waals surface area contributed by atoms with E-state index in [2.05, 4.69) is 0 Å². The molecule has 1 rings (SSSR count). The summed E-state index contributed by atoms with van der Waals surface area (Å²) in [6.45, 7) is 9.02. The largest absolute Gasteiger partial charge is 0.480 e. The Morgan fingerprint density at radius 3 is 2.29 bits per heavy atom. The van der Waals surface area contributed by atoms with Crippen molar-refractivity contribution in [3.05, 3.63) is 0 Å². The van der Waals surface area contributed by atoms with Crippen LogP contribution in [0.5, 0.6) is 0 Å². The molecule has 0 aromatic heterocycles. The van der Waals surface area contributed by atoms with Crippen LogP contribution in [0.2, 0.25) is 0 Å². The summed E-state index contributed by atoms with van der Waals surface area (Å²) in [5.74, 6) is -0.971. The first-order chi connectivity index (χ1) is 7.54. The van der Waals surface area contributed by atoms with Crippen LogP contribution in [0.25, 0.3) is 0 Å². The average molecular weight is 243 g/mol. The molecule has 0 aromatic carbocycles. The van der Waals surface area contributed by atoms with Gasteiger partial charge in [-0.1, -0.05) is 0 Å². The van der Waals surface area contributed by atoms with Gasteiger partial charge in [0.1, 0.15) is 11.6 Å². The Labute approximate surface area is 102 Å². The molecule has 0 radical (unpaired) electrons. The fraction of sp³-hybridized carbons (Fsp3) is 0.833. The van der Waals surface area contributed by atoms with Crippen LogP contribution in [0.3, 0.4) is 0 Å². The average Bonchev–Trinajstić information content (AvgIpc) is 2.37. The van der Waals surface area contributed by atoms with Gasteiger partial charge in [0.2, 0.25) is 0 Å². The first-order valence-corrected chi connectivity index (χ1v) is 5.80. The molecule has 0 aliphatic carbocycles. The Morgan fingerprint density at radius 2 is 1.88 bits per heavy atom. The van der Waals surface area contributed by atoms with Gasteiger partial charge in [-0.15, -0.1) is 0 Å². The third-order valence-electron chi connectivity index (χ3n) is 2.87. The quantitative estimate of drug-likeness (QED) is 0.767. The number of nitrogens with zero attached hydrogens (tertiary/aromatic N) is 1. The molecule has 1 atom stereocenters. The van der Waals surface area contributed by atoms with Gasteiger partial charge >= 0.3 is 12.1 Å². The van der Waals surface area contributed by atoms with E-state index in [4.69, 9.17) is 9.84 Å². The van der Waals surface area contributed by atoms with Gasteiger partial charge in [0.15, 0.2) is 0 Å². The number of carbonyl (C=O) groups excluding carboxylic acids is 1. The lowest BCUT2D eigenvalue weighted by Gasteiger charge is -2.35. The number of hydrogen-bond acceptors (Lipinski definition) is 3. The number of carbonyl (C=O) groups is 2. The van der Waals surface area contributed by atoms with E-state index in [1.165, 1.54) is 4.90 Å². The van der Waals surface area contributed by atoms with Gasteiger partial charge in [0, 0.05) is 5.54 Å². The lowest BCUT2D eigenvalue weighted by molar-refractivity contribution is -0.143. The molecule has 1 amide bonds. The maximum atomic E-state index is 12.0. The van der Waals surface area contributed by atoms with Crippen molar-refractivity contribution in [2.24, 2.45) is 0 Å². The second-order valence-electron chi connectivity index (χ2n) is 6.06. The highest BCUT2D eigenvalue weighted by atomic mass is 16.6. The summed E-state index contributed by atoms with van der Waals surface area (Å²) >= 11 is 0. The molecule has 0 aromatic rings. The number of carboxylic acid groups (broad SMARTS) is 1. The molecule has 1 N–H and O–H groups in total. The summed E-state index contributed by atoms with van der Waals surface area (Å²) in [5, 5.41) is 9.11.